The van der Waals surface area contributed by atoms with E-state index in [1.54, 1.807) is 29.5 Å². The van der Waals surface area contributed by atoms with Crippen molar-refractivity contribution in [2.45, 2.75) is 19.3 Å². The smallest absolute Gasteiger partial charge is 0.296 e. The van der Waals surface area contributed by atoms with E-state index in [2.05, 4.69) is 15.0 Å². The molecule has 7 nitrogen and oxygen atoms in total. The van der Waals surface area contributed by atoms with Gasteiger partial charge in [-0.05, 0) is 43.2 Å². The van der Waals surface area contributed by atoms with Crippen LogP contribution in [0.5, 0.6) is 0 Å². The van der Waals surface area contributed by atoms with Gasteiger partial charge in [-0.2, -0.15) is 8.42 Å². The lowest BCUT2D eigenvalue weighted by Gasteiger charge is -2.08. The molecule has 1 aromatic heterocycles. The molecule has 0 radical (unpaired) electrons. The highest BCUT2D eigenvalue weighted by Gasteiger charge is 2.07. The minimum absolute atomic E-state index is 0.140. The number of rotatable bonds is 7. The number of aryl methyl sites for hydroxylation is 1. The summed E-state index contributed by atoms with van der Waals surface area (Å²) in [6.45, 7) is 0. The highest BCUT2D eigenvalue weighted by Crippen LogP contribution is 2.23. The molecule has 0 unspecified atom stereocenters. The number of hydrogen-bond acceptors (Lipinski definition) is 5. The Morgan fingerprint density at radius 3 is 2.65 bits per heavy atom. The predicted molar refractivity (Wildman–Crippen MR) is 104 cm³/mol. The number of hydrogen-bond donors (Lipinski definition) is 3. The number of para-hydroxylation sites is 1. The zero-order chi connectivity index (χ0) is 18.6. The van der Waals surface area contributed by atoms with E-state index in [4.69, 9.17) is 5.14 Å². The number of nitrogens with zero attached hydrogens (tertiary/aromatic N) is 1. The molecule has 0 spiro atoms. The molecular weight excluding hydrogens is 372 g/mol. The monoisotopic (exact) mass is 390 g/mol. The molecule has 0 saturated heterocycles. The average molecular weight is 390 g/mol. The normalized spacial score (nSPS) is 11.4. The van der Waals surface area contributed by atoms with E-state index in [-0.39, 0.29) is 5.91 Å². The second-order valence-corrected chi connectivity index (χ2v) is 8.11. The number of carbonyl (C=O) groups excluding carboxylic acids is 1. The van der Waals surface area contributed by atoms with Crippen LogP contribution in [0.2, 0.25) is 0 Å². The maximum absolute atomic E-state index is 12.1. The van der Waals surface area contributed by atoms with E-state index in [9.17, 15) is 13.2 Å². The van der Waals surface area contributed by atoms with Gasteiger partial charge in [-0.1, -0.05) is 18.2 Å². The van der Waals surface area contributed by atoms with Crippen LogP contribution in [-0.2, 0) is 21.4 Å². The van der Waals surface area contributed by atoms with Crippen molar-refractivity contribution in [1.82, 2.24) is 4.98 Å². The van der Waals surface area contributed by atoms with E-state index in [0.29, 0.717) is 24.2 Å². The van der Waals surface area contributed by atoms with Gasteiger partial charge in [0.15, 0.2) is 0 Å². The Balaban J connectivity index is 1.51. The zero-order valence-electron chi connectivity index (χ0n) is 13.8. The Labute approximate surface area is 155 Å². The van der Waals surface area contributed by atoms with Gasteiger partial charge < -0.3 is 5.32 Å². The van der Waals surface area contributed by atoms with E-state index in [1.165, 1.54) is 6.07 Å². The summed E-state index contributed by atoms with van der Waals surface area (Å²) >= 11 is 1.64. The molecule has 0 aliphatic carbocycles. The fraction of sp³-hybridized carbons (Fsp3) is 0.176. The Morgan fingerprint density at radius 2 is 1.88 bits per heavy atom. The molecule has 1 amide bonds. The van der Waals surface area contributed by atoms with Crippen molar-refractivity contribution >= 4 is 49.0 Å². The number of aromatic nitrogens is 1. The molecule has 1 heterocycles. The number of thiazole rings is 1. The Hall–Kier alpha value is -2.49. The standard InChI is InChI=1S/C17H18N4O3S2/c18-26(23,24)21-13-6-3-5-12(11-13)19-16(22)9-4-10-17-20-14-7-1-2-8-15(14)25-17/h1-3,5-8,11,21H,4,9-10H2,(H,19,22)(H2,18,23,24). The Morgan fingerprint density at radius 1 is 1.12 bits per heavy atom. The largest absolute Gasteiger partial charge is 0.326 e. The Kier molecular flexibility index (Phi) is 5.50. The average Bonchev–Trinajstić information content (AvgIpc) is 2.96. The highest BCUT2D eigenvalue weighted by atomic mass is 32.2. The van der Waals surface area contributed by atoms with Crippen molar-refractivity contribution in [2.75, 3.05) is 10.0 Å². The quantitative estimate of drug-likeness (QED) is 0.575. The van der Waals surface area contributed by atoms with Crippen LogP contribution in [0.25, 0.3) is 10.2 Å². The van der Waals surface area contributed by atoms with Crippen LogP contribution in [0.1, 0.15) is 17.8 Å². The van der Waals surface area contributed by atoms with Gasteiger partial charge in [0.1, 0.15) is 0 Å². The Bertz CT molecular complexity index is 998. The number of carbonyl (C=O) groups is 1. The molecule has 4 N–H and O–H groups in total. The van der Waals surface area contributed by atoms with Crippen LogP contribution in [0, 0.1) is 0 Å². The summed E-state index contributed by atoms with van der Waals surface area (Å²) in [4.78, 5) is 16.6. The minimum Gasteiger partial charge on any atom is -0.326 e. The molecule has 0 atom stereocenters. The summed E-state index contributed by atoms with van der Waals surface area (Å²) < 4.78 is 25.4. The van der Waals surface area contributed by atoms with Gasteiger partial charge in [-0.25, -0.2) is 10.1 Å². The van der Waals surface area contributed by atoms with Gasteiger partial charge in [0, 0.05) is 12.1 Å². The number of nitrogens with one attached hydrogen (secondary N) is 2. The summed E-state index contributed by atoms with van der Waals surface area (Å²) in [6.07, 6.45) is 1.77. The second-order valence-electron chi connectivity index (χ2n) is 5.70. The van der Waals surface area contributed by atoms with Gasteiger partial charge in [0.2, 0.25) is 5.91 Å². The fourth-order valence-corrected chi connectivity index (χ4v) is 3.94. The molecule has 3 aromatic rings. The van der Waals surface area contributed by atoms with Gasteiger partial charge in [-0.3, -0.25) is 9.52 Å². The predicted octanol–water partition coefficient (Wildman–Crippen LogP) is 2.87. The molecule has 26 heavy (non-hydrogen) atoms. The van der Waals surface area contributed by atoms with Gasteiger partial charge >= 0.3 is 0 Å². The third-order valence-corrected chi connectivity index (χ3v) is 5.16. The van der Waals surface area contributed by atoms with Crippen molar-refractivity contribution in [3.05, 3.63) is 53.5 Å². The molecule has 0 aliphatic heterocycles. The molecule has 0 saturated carbocycles. The first-order valence-electron chi connectivity index (χ1n) is 7.94. The summed E-state index contributed by atoms with van der Waals surface area (Å²) in [6, 6.07) is 14.3. The van der Waals surface area contributed by atoms with Crippen LogP contribution in [0.3, 0.4) is 0 Å². The first kappa shape index (κ1) is 18.3. The van der Waals surface area contributed by atoms with Crippen molar-refractivity contribution in [2.24, 2.45) is 5.14 Å². The number of anilines is 2. The maximum Gasteiger partial charge on any atom is 0.296 e. The molecule has 136 valence electrons. The maximum atomic E-state index is 12.1. The van der Waals surface area contributed by atoms with Crippen molar-refractivity contribution in [3.8, 4) is 0 Å². The third kappa shape index (κ3) is 5.25. The molecule has 0 fully saturated rings. The molecule has 0 aliphatic rings. The molecule has 2 aromatic carbocycles. The second kappa shape index (κ2) is 7.81. The fourth-order valence-electron chi connectivity index (χ4n) is 2.48. The lowest BCUT2D eigenvalue weighted by atomic mass is 10.2. The molecular formula is C17H18N4O3S2. The third-order valence-electron chi connectivity index (χ3n) is 3.54. The topological polar surface area (TPSA) is 114 Å². The van der Waals surface area contributed by atoms with E-state index in [1.807, 2.05) is 24.3 Å². The van der Waals surface area contributed by atoms with Crippen molar-refractivity contribution in [3.63, 3.8) is 0 Å². The molecule has 0 bridgehead atoms. The number of nitrogens with two attached hydrogens (primary N) is 1. The van der Waals surface area contributed by atoms with E-state index >= 15 is 0 Å². The summed E-state index contributed by atoms with van der Waals surface area (Å²) in [5.74, 6) is -0.140. The summed E-state index contributed by atoms with van der Waals surface area (Å²) in [5.41, 5.74) is 1.78. The van der Waals surface area contributed by atoms with Crippen LogP contribution in [0.4, 0.5) is 11.4 Å². The molecule has 3 rings (SSSR count). The van der Waals surface area contributed by atoms with E-state index in [0.717, 1.165) is 21.6 Å². The SMILES string of the molecule is NS(=O)(=O)Nc1cccc(NC(=O)CCCc2nc3ccccc3s2)c1. The lowest BCUT2D eigenvalue weighted by Crippen LogP contribution is -2.21. The van der Waals surface area contributed by atoms with Crippen molar-refractivity contribution < 1.29 is 13.2 Å². The number of benzene rings is 2. The number of fused-ring (bicyclic) bond motifs is 1. The van der Waals surface area contributed by atoms with Crippen LogP contribution >= 0.6 is 11.3 Å². The van der Waals surface area contributed by atoms with Gasteiger partial charge in [0.05, 0.1) is 20.9 Å². The molecule has 9 heteroatoms. The van der Waals surface area contributed by atoms with E-state index < -0.39 is 10.2 Å². The zero-order valence-corrected chi connectivity index (χ0v) is 15.4. The lowest BCUT2D eigenvalue weighted by molar-refractivity contribution is -0.116. The van der Waals surface area contributed by atoms with Crippen LogP contribution in [0.15, 0.2) is 48.5 Å². The first-order valence-corrected chi connectivity index (χ1v) is 10.3. The summed E-state index contributed by atoms with van der Waals surface area (Å²) in [7, 11) is -3.85. The van der Waals surface area contributed by atoms with Gasteiger partial charge in [0.25, 0.3) is 10.2 Å². The van der Waals surface area contributed by atoms with Crippen molar-refractivity contribution in [1.29, 1.82) is 0 Å². The van der Waals surface area contributed by atoms with Crippen LogP contribution in [-0.4, -0.2) is 19.3 Å². The highest BCUT2D eigenvalue weighted by molar-refractivity contribution is 7.90. The van der Waals surface area contributed by atoms with Gasteiger partial charge in [-0.15, -0.1) is 11.3 Å². The minimum atomic E-state index is -3.85. The summed E-state index contributed by atoms with van der Waals surface area (Å²) in [5, 5.41) is 8.70. The first-order chi connectivity index (χ1) is 12.4. The van der Waals surface area contributed by atoms with Crippen LogP contribution < -0.4 is 15.2 Å². The number of amides is 1.